The highest BCUT2D eigenvalue weighted by Crippen LogP contribution is 2.68. The lowest BCUT2D eigenvalue weighted by Gasteiger charge is -2.61. The number of carbonyl (C=O) groups excluding carboxylic acids is 1. The van der Waals surface area contributed by atoms with Gasteiger partial charge in [-0.3, -0.25) is 9.48 Å². The molecule has 172 valence electrons. The average molecular weight is 428 g/mol. The Labute approximate surface area is 187 Å². The predicted molar refractivity (Wildman–Crippen MR) is 121 cm³/mol. The first kappa shape index (κ1) is 21.6. The van der Waals surface area contributed by atoms with Gasteiger partial charge in [-0.1, -0.05) is 13.8 Å². The molecule has 4 aliphatic carbocycles. The van der Waals surface area contributed by atoms with Gasteiger partial charge in [0.1, 0.15) is 0 Å². The van der Waals surface area contributed by atoms with Crippen LogP contribution < -0.4 is 5.73 Å². The lowest BCUT2D eigenvalue weighted by Crippen LogP contribution is -2.55. The number of hydrogen-bond acceptors (Lipinski definition) is 4. The summed E-state index contributed by atoms with van der Waals surface area (Å²) in [6, 6.07) is 0. The maximum absolute atomic E-state index is 13.4. The van der Waals surface area contributed by atoms with Gasteiger partial charge in [-0.25, -0.2) is 0 Å². The Morgan fingerprint density at radius 1 is 1.10 bits per heavy atom. The van der Waals surface area contributed by atoms with Gasteiger partial charge in [0.15, 0.2) is 5.78 Å². The van der Waals surface area contributed by atoms with Crippen LogP contribution in [0.2, 0.25) is 0 Å². The molecule has 5 rings (SSSR count). The van der Waals surface area contributed by atoms with E-state index >= 15 is 0 Å². The first-order valence-electron chi connectivity index (χ1n) is 12.6. The summed E-state index contributed by atoms with van der Waals surface area (Å²) in [6.45, 7) is 7.86. The molecule has 4 aliphatic rings. The largest absolute Gasteiger partial charge is 0.390 e. The second-order valence-corrected chi connectivity index (χ2v) is 12.2. The highest BCUT2D eigenvalue weighted by atomic mass is 16.3. The molecular weight excluding hydrogens is 386 g/mol. The molecule has 5 heteroatoms. The molecule has 0 radical (unpaired) electrons. The fraction of sp³-hybridized carbons (Fsp3) is 0.846. The third kappa shape index (κ3) is 3.42. The van der Waals surface area contributed by atoms with E-state index in [-0.39, 0.29) is 11.3 Å². The Morgan fingerprint density at radius 2 is 1.87 bits per heavy atom. The van der Waals surface area contributed by atoms with Crippen LogP contribution in [-0.2, 0) is 17.9 Å². The standard InChI is InChI=1S/C26H41N3O2/c1-24(31)10-11-25(2)18(12-24)4-5-19-20-6-7-22(26(20,3)9-8-21(19)25)23(30)16-29-15-17(13-27)14-28-29/h14-15,18-22,31H,4-13,16,27H2,1-3H3/t18-,19+,20+,21+,22-,24-,25+,26+/m1/s1. The lowest BCUT2D eigenvalue weighted by molar-refractivity contribution is -0.151. The fourth-order valence-electron chi connectivity index (χ4n) is 8.83. The van der Waals surface area contributed by atoms with Gasteiger partial charge in [0.2, 0.25) is 0 Å². The minimum absolute atomic E-state index is 0.144. The zero-order valence-corrected chi connectivity index (χ0v) is 19.6. The Bertz CT molecular complexity index is 847. The quantitative estimate of drug-likeness (QED) is 0.750. The number of rotatable bonds is 4. The summed E-state index contributed by atoms with van der Waals surface area (Å²) in [4.78, 5) is 13.4. The van der Waals surface area contributed by atoms with Crippen molar-refractivity contribution in [1.82, 2.24) is 9.78 Å². The molecule has 0 spiro atoms. The van der Waals surface area contributed by atoms with Crippen molar-refractivity contribution in [3.8, 4) is 0 Å². The van der Waals surface area contributed by atoms with Crippen molar-refractivity contribution in [3.63, 3.8) is 0 Å². The number of aliphatic hydroxyl groups is 1. The van der Waals surface area contributed by atoms with Crippen LogP contribution in [0.1, 0.15) is 84.1 Å². The molecule has 1 aromatic heterocycles. The SMILES string of the molecule is C[C@@]1(O)CC[C@@]2(C)[C@H](CC[C@@H]3[C@@H]2CC[C@]2(C)[C@@H](C(=O)Cn4cc(CN)cn4)CC[C@@H]32)C1. The normalized spacial score (nSPS) is 46.8. The lowest BCUT2D eigenvalue weighted by atomic mass is 9.44. The number of Topliss-reactive ketones (excluding diaryl/α,β-unsaturated/α-hetero) is 1. The predicted octanol–water partition coefficient (Wildman–Crippen LogP) is 4.32. The smallest absolute Gasteiger partial charge is 0.157 e. The number of nitrogens with zero attached hydrogens (tertiary/aromatic N) is 2. The summed E-state index contributed by atoms with van der Waals surface area (Å²) in [5.74, 6) is 3.40. The Morgan fingerprint density at radius 3 is 2.61 bits per heavy atom. The molecule has 3 N–H and O–H groups in total. The molecule has 31 heavy (non-hydrogen) atoms. The fourth-order valence-corrected chi connectivity index (χ4v) is 8.83. The molecule has 0 aromatic carbocycles. The highest BCUT2D eigenvalue weighted by Gasteiger charge is 2.61. The van der Waals surface area contributed by atoms with E-state index < -0.39 is 5.60 Å². The minimum atomic E-state index is -0.471. The van der Waals surface area contributed by atoms with Gasteiger partial charge in [-0.15, -0.1) is 0 Å². The third-order valence-electron chi connectivity index (χ3n) is 10.6. The van der Waals surface area contributed by atoms with Crippen LogP contribution in [-0.4, -0.2) is 26.3 Å². The Kier molecular flexibility index (Phi) is 5.17. The van der Waals surface area contributed by atoms with E-state index in [1.807, 2.05) is 13.1 Å². The van der Waals surface area contributed by atoms with Gasteiger partial charge in [-0.2, -0.15) is 5.10 Å². The molecule has 1 heterocycles. The Hall–Kier alpha value is -1.20. The summed E-state index contributed by atoms with van der Waals surface area (Å²) in [7, 11) is 0. The summed E-state index contributed by atoms with van der Waals surface area (Å²) in [6.07, 6.45) is 14.0. The van der Waals surface area contributed by atoms with Gasteiger partial charge in [0.05, 0.1) is 18.3 Å². The van der Waals surface area contributed by atoms with Crippen molar-refractivity contribution in [2.45, 2.75) is 97.2 Å². The van der Waals surface area contributed by atoms with E-state index in [9.17, 15) is 9.90 Å². The number of ketones is 1. The molecule has 1 aromatic rings. The molecule has 0 saturated heterocycles. The molecule has 0 aliphatic heterocycles. The monoisotopic (exact) mass is 427 g/mol. The maximum Gasteiger partial charge on any atom is 0.157 e. The minimum Gasteiger partial charge on any atom is -0.390 e. The van der Waals surface area contributed by atoms with Crippen molar-refractivity contribution in [2.24, 2.45) is 46.2 Å². The zero-order valence-electron chi connectivity index (χ0n) is 19.6. The number of hydrogen-bond donors (Lipinski definition) is 2. The summed E-state index contributed by atoms with van der Waals surface area (Å²) in [5.41, 5.74) is 6.74. The van der Waals surface area contributed by atoms with Crippen LogP contribution in [0.3, 0.4) is 0 Å². The van der Waals surface area contributed by atoms with Crippen molar-refractivity contribution >= 4 is 5.78 Å². The molecule has 0 amide bonds. The van der Waals surface area contributed by atoms with Crippen LogP contribution in [0.15, 0.2) is 12.4 Å². The van der Waals surface area contributed by atoms with Gasteiger partial charge >= 0.3 is 0 Å². The maximum atomic E-state index is 13.4. The molecular formula is C26H41N3O2. The first-order valence-corrected chi connectivity index (χ1v) is 12.6. The summed E-state index contributed by atoms with van der Waals surface area (Å²) >= 11 is 0. The summed E-state index contributed by atoms with van der Waals surface area (Å²) in [5, 5.41) is 15.0. The number of fused-ring (bicyclic) bond motifs is 5. The molecule has 0 bridgehead atoms. The van der Waals surface area contributed by atoms with Gasteiger partial charge in [0, 0.05) is 24.2 Å². The second-order valence-electron chi connectivity index (χ2n) is 12.2. The van der Waals surface area contributed by atoms with E-state index in [1.54, 1.807) is 10.9 Å². The van der Waals surface area contributed by atoms with E-state index in [0.717, 1.165) is 36.7 Å². The number of carbonyl (C=O) groups is 1. The van der Waals surface area contributed by atoms with Crippen LogP contribution in [0.4, 0.5) is 0 Å². The summed E-state index contributed by atoms with van der Waals surface area (Å²) < 4.78 is 1.78. The molecule has 4 saturated carbocycles. The van der Waals surface area contributed by atoms with Crippen molar-refractivity contribution < 1.29 is 9.90 Å². The molecule has 5 nitrogen and oxygen atoms in total. The number of aromatic nitrogens is 2. The van der Waals surface area contributed by atoms with Crippen molar-refractivity contribution in [2.75, 3.05) is 0 Å². The van der Waals surface area contributed by atoms with Crippen molar-refractivity contribution in [1.29, 1.82) is 0 Å². The Balaban J connectivity index is 1.33. The van der Waals surface area contributed by atoms with E-state index in [4.69, 9.17) is 5.73 Å². The van der Waals surface area contributed by atoms with E-state index in [2.05, 4.69) is 18.9 Å². The van der Waals surface area contributed by atoms with Gasteiger partial charge < -0.3 is 10.8 Å². The molecule has 0 unspecified atom stereocenters. The van der Waals surface area contributed by atoms with Crippen molar-refractivity contribution in [3.05, 3.63) is 18.0 Å². The number of nitrogens with two attached hydrogens (primary N) is 1. The molecule has 4 fully saturated rings. The average Bonchev–Trinajstić information content (AvgIpc) is 3.31. The highest BCUT2D eigenvalue weighted by molar-refractivity contribution is 5.82. The van der Waals surface area contributed by atoms with E-state index in [0.29, 0.717) is 36.1 Å². The molecule has 8 atom stereocenters. The first-order chi connectivity index (χ1) is 14.7. The topological polar surface area (TPSA) is 81.1 Å². The van der Waals surface area contributed by atoms with Gasteiger partial charge in [0.25, 0.3) is 0 Å². The van der Waals surface area contributed by atoms with Crippen LogP contribution in [0, 0.1) is 40.4 Å². The zero-order chi connectivity index (χ0) is 22.0. The second kappa shape index (κ2) is 7.41. The van der Waals surface area contributed by atoms with Crippen LogP contribution in [0.5, 0.6) is 0 Å². The van der Waals surface area contributed by atoms with Gasteiger partial charge in [-0.05, 0) is 99.2 Å². The van der Waals surface area contributed by atoms with Crippen LogP contribution in [0.25, 0.3) is 0 Å². The third-order valence-corrected chi connectivity index (χ3v) is 10.6. The van der Waals surface area contributed by atoms with Crippen LogP contribution >= 0.6 is 0 Å². The van der Waals surface area contributed by atoms with E-state index in [1.165, 1.54) is 38.5 Å².